The van der Waals surface area contributed by atoms with Gasteiger partial charge in [-0.05, 0) is 18.2 Å². The van der Waals surface area contributed by atoms with Gasteiger partial charge in [0.15, 0.2) is 0 Å². The number of nitrogens with zero attached hydrogens (tertiary/aromatic N) is 4. The van der Waals surface area contributed by atoms with E-state index in [4.69, 9.17) is 23.1 Å². The molecule has 0 fully saturated rings. The molecule has 5 N–H and O–H groups in total. The molecule has 7 nitrogen and oxygen atoms in total. The van der Waals surface area contributed by atoms with Crippen LogP contribution in [0.2, 0.25) is 5.02 Å². The summed E-state index contributed by atoms with van der Waals surface area (Å²) in [5.74, 6) is -0.163. The Morgan fingerprint density at radius 2 is 2.04 bits per heavy atom. The number of hydrogen-bond donors (Lipinski definition) is 3. The number of benzene rings is 1. The summed E-state index contributed by atoms with van der Waals surface area (Å²) in [6, 6.07) is 4.21. The first kappa shape index (κ1) is 15.0. The van der Waals surface area contributed by atoms with Crippen LogP contribution in [0, 0.1) is 5.82 Å². The lowest BCUT2D eigenvalue weighted by molar-refractivity contribution is 0.632. The predicted octanol–water partition coefficient (Wildman–Crippen LogP) is 2.58. The third kappa shape index (κ3) is 3.02. The molecule has 0 amide bonds. The number of rotatable bonds is 3. The van der Waals surface area contributed by atoms with Gasteiger partial charge in [-0.15, -0.1) is 0 Å². The van der Waals surface area contributed by atoms with Crippen LogP contribution >= 0.6 is 11.6 Å². The molecular formula is C14H13ClFN7. The van der Waals surface area contributed by atoms with Crippen molar-refractivity contribution in [3.63, 3.8) is 0 Å². The van der Waals surface area contributed by atoms with Gasteiger partial charge >= 0.3 is 0 Å². The zero-order valence-electron chi connectivity index (χ0n) is 12.1. The molecule has 0 saturated heterocycles. The maximum Gasteiger partial charge on any atom is 0.229 e. The summed E-state index contributed by atoms with van der Waals surface area (Å²) in [6.45, 7) is 0. The molecule has 0 aliphatic heterocycles. The van der Waals surface area contributed by atoms with E-state index in [0.717, 1.165) is 0 Å². The van der Waals surface area contributed by atoms with Crippen LogP contribution in [0.25, 0.3) is 11.3 Å². The van der Waals surface area contributed by atoms with Gasteiger partial charge in [0.1, 0.15) is 16.7 Å². The molecule has 0 unspecified atom stereocenters. The molecule has 0 radical (unpaired) electrons. The highest BCUT2D eigenvalue weighted by Crippen LogP contribution is 2.32. The van der Waals surface area contributed by atoms with Crippen molar-refractivity contribution in [2.45, 2.75) is 0 Å². The van der Waals surface area contributed by atoms with E-state index in [1.807, 2.05) is 0 Å². The lowest BCUT2D eigenvalue weighted by Gasteiger charge is -2.10. The van der Waals surface area contributed by atoms with Crippen molar-refractivity contribution in [3.8, 4) is 11.3 Å². The summed E-state index contributed by atoms with van der Waals surface area (Å²) in [4.78, 5) is 8.41. The molecule has 0 saturated carbocycles. The molecule has 2 aromatic heterocycles. The SMILES string of the molecule is Cn1cc(Nc2nc(N)c(Cl)c(-c3ccc(F)c(N)c3)n2)cn1. The predicted molar refractivity (Wildman–Crippen MR) is 87.8 cm³/mol. The lowest BCUT2D eigenvalue weighted by Crippen LogP contribution is -2.03. The zero-order valence-corrected chi connectivity index (χ0v) is 12.8. The minimum atomic E-state index is -0.513. The van der Waals surface area contributed by atoms with Gasteiger partial charge in [-0.1, -0.05) is 11.6 Å². The van der Waals surface area contributed by atoms with E-state index in [2.05, 4.69) is 20.4 Å². The van der Waals surface area contributed by atoms with Crippen LogP contribution in [0.5, 0.6) is 0 Å². The van der Waals surface area contributed by atoms with Gasteiger partial charge in [-0.25, -0.2) is 9.37 Å². The number of nitrogens with two attached hydrogens (primary N) is 2. The fraction of sp³-hybridized carbons (Fsp3) is 0.0714. The molecule has 0 aliphatic rings. The molecule has 3 aromatic rings. The quantitative estimate of drug-likeness (QED) is 0.636. The van der Waals surface area contributed by atoms with Crippen molar-refractivity contribution < 1.29 is 4.39 Å². The smallest absolute Gasteiger partial charge is 0.229 e. The largest absolute Gasteiger partial charge is 0.396 e. The van der Waals surface area contributed by atoms with E-state index in [0.29, 0.717) is 16.9 Å². The summed E-state index contributed by atoms with van der Waals surface area (Å²) in [5.41, 5.74) is 13.0. The Bertz CT molecular complexity index is 878. The molecule has 118 valence electrons. The lowest BCUT2D eigenvalue weighted by atomic mass is 10.1. The van der Waals surface area contributed by atoms with E-state index in [-0.39, 0.29) is 22.5 Å². The van der Waals surface area contributed by atoms with Crippen LogP contribution in [-0.2, 0) is 7.05 Å². The molecule has 9 heteroatoms. The molecule has 1 aromatic carbocycles. The number of aryl methyl sites for hydroxylation is 1. The fourth-order valence-corrected chi connectivity index (χ4v) is 2.21. The van der Waals surface area contributed by atoms with E-state index in [9.17, 15) is 4.39 Å². The van der Waals surface area contributed by atoms with Crippen molar-refractivity contribution in [1.29, 1.82) is 0 Å². The summed E-state index contributed by atoms with van der Waals surface area (Å²) in [6.07, 6.45) is 3.37. The van der Waals surface area contributed by atoms with Crippen LogP contribution < -0.4 is 16.8 Å². The third-order valence-electron chi connectivity index (χ3n) is 3.11. The standard InChI is InChI=1S/C14H13ClFN7/c1-23-6-8(5-19-23)20-14-21-12(11(15)13(18)22-14)7-2-3-9(16)10(17)4-7/h2-6H,17H2,1H3,(H3,18,20,21,22). The maximum absolute atomic E-state index is 13.3. The van der Waals surface area contributed by atoms with Gasteiger partial charge in [0, 0.05) is 18.8 Å². The van der Waals surface area contributed by atoms with Gasteiger partial charge in [0.2, 0.25) is 5.95 Å². The number of aromatic nitrogens is 4. The maximum atomic E-state index is 13.3. The normalized spacial score (nSPS) is 10.7. The Kier molecular flexibility index (Phi) is 3.75. The Balaban J connectivity index is 2.04. The minimum absolute atomic E-state index is 0.00230. The number of hydrogen-bond acceptors (Lipinski definition) is 6. The van der Waals surface area contributed by atoms with E-state index in [1.165, 1.54) is 18.2 Å². The highest BCUT2D eigenvalue weighted by molar-refractivity contribution is 6.35. The minimum Gasteiger partial charge on any atom is -0.396 e. The Morgan fingerprint density at radius 1 is 1.26 bits per heavy atom. The van der Waals surface area contributed by atoms with Gasteiger partial charge in [0.05, 0.1) is 23.3 Å². The third-order valence-corrected chi connectivity index (χ3v) is 3.48. The number of nitrogens with one attached hydrogen (secondary N) is 1. The fourth-order valence-electron chi connectivity index (χ4n) is 2.02. The molecule has 3 rings (SSSR count). The molecular weight excluding hydrogens is 321 g/mol. The first-order valence-corrected chi connectivity index (χ1v) is 6.96. The number of nitrogen functional groups attached to an aromatic ring is 2. The van der Waals surface area contributed by atoms with Crippen LogP contribution in [0.4, 0.5) is 27.5 Å². The first-order valence-electron chi connectivity index (χ1n) is 6.58. The Hall–Kier alpha value is -2.87. The van der Waals surface area contributed by atoms with E-state index < -0.39 is 5.82 Å². The van der Waals surface area contributed by atoms with Gasteiger partial charge in [-0.3, -0.25) is 4.68 Å². The van der Waals surface area contributed by atoms with E-state index >= 15 is 0 Å². The number of halogens is 2. The van der Waals surface area contributed by atoms with Crippen LogP contribution in [0.3, 0.4) is 0 Å². The summed E-state index contributed by atoms with van der Waals surface area (Å²) in [5, 5.41) is 7.19. The van der Waals surface area contributed by atoms with Crippen LogP contribution in [-0.4, -0.2) is 19.7 Å². The molecule has 0 spiro atoms. The second-order valence-corrected chi connectivity index (χ2v) is 5.24. The number of anilines is 4. The van der Waals surface area contributed by atoms with Crippen molar-refractivity contribution >= 4 is 34.7 Å². The van der Waals surface area contributed by atoms with Gasteiger partial charge < -0.3 is 16.8 Å². The monoisotopic (exact) mass is 333 g/mol. The Morgan fingerprint density at radius 3 is 2.70 bits per heavy atom. The second-order valence-electron chi connectivity index (χ2n) is 4.86. The van der Waals surface area contributed by atoms with Crippen molar-refractivity contribution in [3.05, 3.63) is 41.4 Å². The summed E-state index contributed by atoms with van der Waals surface area (Å²) in [7, 11) is 1.79. The zero-order chi connectivity index (χ0) is 16.6. The molecule has 23 heavy (non-hydrogen) atoms. The van der Waals surface area contributed by atoms with Crippen molar-refractivity contribution in [2.24, 2.45) is 7.05 Å². The molecule has 0 aliphatic carbocycles. The highest BCUT2D eigenvalue weighted by atomic mass is 35.5. The van der Waals surface area contributed by atoms with E-state index in [1.54, 1.807) is 24.1 Å². The highest BCUT2D eigenvalue weighted by Gasteiger charge is 2.14. The van der Waals surface area contributed by atoms with Gasteiger partial charge in [-0.2, -0.15) is 10.1 Å². The van der Waals surface area contributed by atoms with Crippen LogP contribution in [0.15, 0.2) is 30.6 Å². The molecule has 0 bridgehead atoms. The van der Waals surface area contributed by atoms with Crippen LogP contribution in [0.1, 0.15) is 0 Å². The molecule has 0 atom stereocenters. The molecule has 2 heterocycles. The summed E-state index contributed by atoms with van der Waals surface area (Å²) < 4.78 is 15.0. The average molecular weight is 334 g/mol. The summed E-state index contributed by atoms with van der Waals surface area (Å²) >= 11 is 6.17. The Labute approximate surface area is 136 Å². The topological polar surface area (TPSA) is 108 Å². The second kappa shape index (κ2) is 5.73. The van der Waals surface area contributed by atoms with Crippen molar-refractivity contribution in [2.75, 3.05) is 16.8 Å². The van der Waals surface area contributed by atoms with Gasteiger partial charge in [0.25, 0.3) is 0 Å². The van der Waals surface area contributed by atoms with Crippen molar-refractivity contribution in [1.82, 2.24) is 19.7 Å². The first-order chi connectivity index (χ1) is 10.9. The average Bonchev–Trinajstić information content (AvgIpc) is 2.91.